The van der Waals surface area contributed by atoms with Crippen molar-refractivity contribution in [3.8, 4) is 5.75 Å². The molecule has 11 amide bonds. The third-order valence-corrected chi connectivity index (χ3v) is 19.5. The Labute approximate surface area is 617 Å². The molecule has 9 N–H and O–H groups in total. The molecule has 31 heteroatoms. The lowest BCUT2D eigenvalue weighted by molar-refractivity contribution is -0.146. The van der Waals surface area contributed by atoms with Crippen LogP contribution in [-0.4, -0.2) is 200 Å². The molecule has 2 unspecified atom stereocenters. The van der Waals surface area contributed by atoms with Crippen molar-refractivity contribution < 1.29 is 88.9 Å². The van der Waals surface area contributed by atoms with Gasteiger partial charge in [-0.25, -0.2) is 18.0 Å². The van der Waals surface area contributed by atoms with Crippen LogP contribution in [0.25, 0.3) is 0 Å². The number of hydrogen-bond acceptors (Lipinski definition) is 15. The van der Waals surface area contributed by atoms with Crippen molar-refractivity contribution in [3.05, 3.63) is 107 Å². The number of hydrogen-bond donors (Lipinski definition) is 8. The molecule has 2 fully saturated rings. The average molecular weight is 1500 g/mol. The first-order valence-corrected chi connectivity index (χ1v) is 35.9. The van der Waals surface area contributed by atoms with Gasteiger partial charge in [0.05, 0.1) is 48.6 Å². The number of esters is 1. The number of benzene rings is 3. The van der Waals surface area contributed by atoms with Crippen LogP contribution in [0.2, 0.25) is 0 Å². The van der Waals surface area contributed by atoms with E-state index in [0.717, 1.165) is 5.56 Å². The summed E-state index contributed by atoms with van der Waals surface area (Å²) in [7, 11) is 8.17. The van der Waals surface area contributed by atoms with E-state index < -0.39 is 167 Å². The van der Waals surface area contributed by atoms with Gasteiger partial charge in [0, 0.05) is 78.4 Å². The molecule has 586 valence electrons. The Morgan fingerprint density at radius 1 is 0.642 bits per heavy atom. The van der Waals surface area contributed by atoms with E-state index in [0.29, 0.717) is 36.9 Å². The lowest BCUT2D eigenvalue weighted by atomic mass is 9.91. The second-order valence-corrected chi connectivity index (χ2v) is 28.5. The standard InChI is InChI=1S/C75H107F5N12O14/c1-16-43(8)65(90(13)73(101)63(41(4)5)88-72(100)64(42(6)7)89(11)12)53(104-14)38-56(95)92-34-21-25-52(92)66(105-15)45(10)68(96)86-51(37-46-22-18-17-19-23-46)69(97)83-39-47-26-28-49(29-27-47)84-70(98)50(24-20-33-82-75(81)103)85-71(99)62(40(2)3)87-54(93)30-31-55(94)91-35-32-48(36-44(91)9)74(102)106-67-60(79)58(77)57(76)59(78)61(67)80/h17-19,22-23,26-29,40-42,44-45,48,50-53,62-66H,8,16,20-21,24-25,30-39H2,1-7,9-15H3,(H,83,97)(H,84,98)(H,85,99)(H,86,96)(H,87,93)(H,88,100)(H3,81,82,103)/t44?,45-,48?,50+,51+,52+,53-,62+,63+,64+,65+,66-/m1/s1. The van der Waals surface area contributed by atoms with Crippen molar-refractivity contribution in [2.24, 2.45) is 35.3 Å². The predicted octanol–water partition coefficient (Wildman–Crippen LogP) is 6.32. The van der Waals surface area contributed by atoms with Gasteiger partial charge in [0.2, 0.25) is 88.0 Å². The van der Waals surface area contributed by atoms with Crippen LogP contribution in [0.5, 0.6) is 5.75 Å². The van der Waals surface area contributed by atoms with E-state index in [2.05, 4.69) is 48.5 Å². The van der Waals surface area contributed by atoms with Crippen molar-refractivity contribution in [1.29, 1.82) is 0 Å². The zero-order chi connectivity index (χ0) is 79.1. The Hall–Kier alpha value is -9.10. The summed E-state index contributed by atoms with van der Waals surface area (Å²) < 4.78 is 86.3. The highest BCUT2D eigenvalue weighted by Gasteiger charge is 2.44. The molecule has 0 radical (unpaired) electrons. The van der Waals surface area contributed by atoms with Crippen LogP contribution < -0.4 is 47.7 Å². The molecular weight excluding hydrogens is 1390 g/mol. The number of primary amides is 1. The minimum Gasteiger partial charge on any atom is -0.420 e. The minimum absolute atomic E-state index is 0.0139. The number of methoxy groups -OCH3 is 2. The maximum Gasteiger partial charge on any atom is 0.314 e. The first-order chi connectivity index (χ1) is 50.0. The molecule has 0 saturated carbocycles. The van der Waals surface area contributed by atoms with Gasteiger partial charge in [-0.15, -0.1) is 0 Å². The molecule has 0 spiro atoms. The number of likely N-dealkylation sites (N-methyl/N-ethyl adjacent to an activating group) is 2. The first-order valence-electron chi connectivity index (χ1n) is 35.9. The van der Waals surface area contributed by atoms with E-state index in [1.807, 2.05) is 83.9 Å². The first kappa shape index (κ1) is 87.5. The van der Waals surface area contributed by atoms with Crippen molar-refractivity contribution in [1.82, 2.24) is 51.5 Å². The van der Waals surface area contributed by atoms with Crippen LogP contribution in [0.1, 0.15) is 138 Å². The zero-order valence-corrected chi connectivity index (χ0v) is 63.1. The SMILES string of the molecule is C=C(CC)[C@@H]([C@@H](CC(=O)N1CCC[C@H]1[C@H](OC)[C@@H](C)C(=O)N[C@@H](Cc1ccccc1)C(=O)NCc1ccc(NC(=O)[C@H](CCCNC(N)=O)NC(=O)[C@@H](NC(=O)CCC(=O)N2CCC(C(=O)Oc3c(F)c(F)c(F)c(F)c3F)CC2C)C(C)C)cc1)OC)N(C)C(=O)[C@@H](NC(=O)[C@H](C(C)C)N(C)C)C(C)C. The van der Waals surface area contributed by atoms with Crippen LogP contribution in [0, 0.1) is 58.7 Å². The summed E-state index contributed by atoms with van der Waals surface area (Å²) in [6.45, 7) is 20.6. The van der Waals surface area contributed by atoms with Gasteiger partial charge in [-0.2, -0.15) is 8.78 Å². The number of anilines is 1. The van der Waals surface area contributed by atoms with Gasteiger partial charge >= 0.3 is 12.0 Å². The quantitative estimate of drug-likeness (QED) is 0.00592. The number of piperidine rings is 1. The number of urea groups is 1. The molecule has 26 nitrogen and oxygen atoms in total. The maximum atomic E-state index is 14.6. The van der Waals surface area contributed by atoms with Crippen molar-refractivity contribution in [2.75, 3.05) is 60.3 Å². The molecule has 0 aliphatic carbocycles. The highest BCUT2D eigenvalue weighted by molar-refractivity contribution is 5.99. The number of ether oxygens (including phenoxy) is 3. The Balaban J connectivity index is 1.20. The number of carbonyl (C=O) groups is 11. The van der Waals surface area contributed by atoms with Crippen LogP contribution >= 0.6 is 0 Å². The molecule has 2 aliphatic heterocycles. The van der Waals surface area contributed by atoms with Crippen LogP contribution in [0.15, 0.2) is 66.7 Å². The molecule has 2 aliphatic rings. The molecule has 3 aromatic rings. The number of nitrogens with two attached hydrogens (primary N) is 1. The molecule has 0 aromatic heterocycles. The Morgan fingerprint density at radius 2 is 1.25 bits per heavy atom. The van der Waals surface area contributed by atoms with Crippen molar-refractivity contribution in [2.45, 2.75) is 200 Å². The van der Waals surface area contributed by atoms with Gasteiger partial charge in [-0.3, -0.25) is 52.8 Å². The number of likely N-dealkylation sites (tertiary alicyclic amines) is 2. The Kier molecular flexibility index (Phi) is 34.0. The average Bonchev–Trinajstić information content (AvgIpc) is 0.892. The number of rotatable bonds is 38. The number of carbonyl (C=O) groups excluding carboxylic acids is 11. The normalized spacial score (nSPS) is 17.7. The summed E-state index contributed by atoms with van der Waals surface area (Å²) >= 11 is 0. The maximum absolute atomic E-state index is 14.6. The number of halogens is 5. The summed E-state index contributed by atoms with van der Waals surface area (Å²) in [5, 5.41) is 19.4. The molecule has 5 rings (SSSR count). The third-order valence-electron chi connectivity index (χ3n) is 19.5. The number of nitrogens with zero attached hydrogens (tertiary/aromatic N) is 4. The number of amides is 11. The summed E-state index contributed by atoms with van der Waals surface area (Å²) in [6.07, 6.45) is -0.973. The van der Waals surface area contributed by atoms with Crippen LogP contribution in [-0.2, 0) is 70.4 Å². The van der Waals surface area contributed by atoms with Crippen molar-refractivity contribution >= 4 is 70.9 Å². The summed E-state index contributed by atoms with van der Waals surface area (Å²) in [5.74, 6) is -22.1. The molecule has 12 atom stereocenters. The zero-order valence-electron chi connectivity index (χ0n) is 63.1. The molecule has 106 heavy (non-hydrogen) atoms. The largest absolute Gasteiger partial charge is 0.420 e. The van der Waals surface area contributed by atoms with E-state index in [4.69, 9.17) is 15.2 Å². The van der Waals surface area contributed by atoms with Gasteiger partial charge in [0.1, 0.15) is 24.2 Å². The Bertz CT molecular complexity index is 3540. The van der Waals surface area contributed by atoms with Gasteiger partial charge in [-0.05, 0) is 107 Å². The monoisotopic (exact) mass is 1490 g/mol. The van der Waals surface area contributed by atoms with E-state index in [9.17, 15) is 74.7 Å². The molecule has 0 bridgehead atoms. The smallest absolute Gasteiger partial charge is 0.314 e. The fraction of sp³-hybridized carbons (Fsp3) is 0.587. The van der Waals surface area contributed by atoms with E-state index in [1.54, 1.807) is 63.9 Å². The van der Waals surface area contributed by atoms with E-state index >= 15 is 0 Å². The lowest BCUT2D eigenvalue weighted by Gasteiger charge is -2.39. The Morgan fingerprint density at radius 3 is 1.81 bits per heavy atom. The highest BCUT2D eigenvalue weighted by Crippen LogP contribution is 2.34. The van der Waals surface area contributed by atoms with Crippen LogP contribution in [0.3, 0.4) is 0 Å². The van der Waals surface area contributed by atoms with Gasteiger partial charge < -0.3 is 71.9 Å². The fourth-order valence-electron chi connectivity index (χ4n) is 13.6. The molecule has 2 heterocycles. The molecular formula is C75H107F5N12O14. The summed E-state index contributed by atoms with van der Waals surface area (Å²) in [4.78, 5) is 157. The topological polar surface area (TPSA) is 339 Å². The van der Waals surface area contributed by atoms with E-state index in [-0.39, 0.29) is 99.8 Å². The van der Waals surface area contributed by atoms with E-state index in [1.165, 1.54) is 24.0 Å². The summed E-state index contributed by atoms with van der Waals surface area (Å²) in [6, 6.07) is 7.75. The van der Waals surface area contributed by atoms with Crippen LogP contribution in [0.4, 0.5) is 32.4 Å². The summed E-state index contributed by atoms with van der Waals surface area (Å²) in [5.41, 5.74) is 7.54. The second-order valence-electron chi connectivity index (χ2n) is 28.5. The van der Waals surface area contributed by atoms with Gasteiger partial charge in [0.25, 0.3) is 0 Å². The molecule has 3 aromatic carbocycles. The predicted molar refractivity (Wildman–Crippen MR) is 385 cm³/mol. The van der Waals surface area contributed by atoms with Gasteiger partial charge in [0.15, 0.2) is 0 Å². The van der Waals surface area contributed by atoms with Gasteiger partial charge in [-0.1, -0.05) is 110 Å². The van der Waals surface area contributed by atoms with Crippen molar-refractivity contribution in [3.63, 3.8) is 0 Å². The third kappa shape index (κ3) is 24.0. The molecule has 2 saturated heterocycles. The number of nitrogens with one attached hydrogen (secondary N) is 7. The highest BCUT2D eigenvalue weighted by atomic mass is 19.2. The fourth-order valence-corrected chi connectivity index (χ4v) is 13.6. The lowest BCUT2D eigenvalue weighted by Crippen LogP contribution is -2.59. The second kappa shape index (κ2) is 41.1. The minimum atomic E-state index is -2.42.